The largest absolute Gasteiger partial charge is 0.220 e. The molecule has 5 heteroatoms. The van der Waals surface area contributed by atoms with E-state index >= 15 is 0 Å². The lowest BCUT2D eigenvalue weighted by Crippen LogP contribution is -1.97. The molecule has 0 aliphatic rings. The van der Waals surface area contributed by atoms with Crippen molar-refractivity contribution in [3.05, 3.63) is 40.7 Å². The van der Waals surface area contributed by atoms with Gasteiger partial charge in [-0.3, -0.25) is 0 Å². The van der Waals surface area contributed by atoms with Gasteiger partial charge in [0.2, 0.25) is 0 Å². The lowest BCUT2D eigenvalue weighted by atomic mass is 10.2. The van der Waals surface area contributed by atoms with Crippen LogP contribution in [0, 0.1) is 6.92 Å². The highest BCUT2D eigenvalue weighted by Crippen LogP contribution is 2.18. The third kappa shape index (κ3) is 2.36. The second-order valence-electron chi connectivity index (χ2n) is 3.52. The average molecular weight is 256 g/mol. The Bertz CT molecular complexity index is 494. The number of aromatic nitrogens is 3. The van der Waals surface area contributed by atoms with Crippen molar-refractivity contribution in [1.82, 2.24) is 15.0 Å². The van der Waals surface area contributed by atoms with Gasteiger partial charge in [0.05, 0.1) is 17.6 Å². The van der Waals surface area contributed by atoms with E-state index in [9.17, 15) is 0 Å². The van der Waals surface area contributed by atoms with Gasteiger partial charge in [0.25, 0.3) is 0 Å². The smallest absolute Gasteiger partial charge is 0.0843 e. The van der Waals surface area contributed by atoms with Crippen LogP contribution >= 0.6 is 23.2 Å². The summed E-state index contributed by atoms with van der Waals surface area (Å²) in [7, 11) is 0. The first-order chi connectivity index (χ1) is 7.70. The van der Waals surface area contributed by atoms with Gasteiger partial charge in [0, 0.05) is 17.3 Å². The highest BCUT2D eigenvalue weighted by atomic mass is 35.5. The molecule has 16 heavy (non-hydrogen) atoms. The summed E-state index contributed by atoms with van der Waals surface area (Å²) in [6, 6.07) is 5.67. The molecule has 1 aromatic carbocycles. The van der Waals surface area contributed by atoms with E-state index in [0.29, 0.717) is 5.88 Å². The van der Waals surface area contributed by atoms with Crippen molar-refractivity contribution in [2.24, 2.45) is 0 Å². The molecule has 1 aromatic heterocycles. The molecule has 0 atom stereocenters. The van der Waals surface area contributed by atoms with Gasteiger partial charge in [-0.15, -0.1) is 16.7 Å². The molecule has 0 N–H and O–H groups in total. The van der Waals surface area contributed by atoms with Crippen LogP contribution < -0.4 is 0 Å². The zero-order valence-corrected chi connectivity index (χ0v) is 10.3. The van der Waals surface area contributed by atoms with Gasteiger partial charge < -0.3 is 0 Å². The summed E-state index contributed by atoms with van der Waals surface area (Å²) >= 11 is 11.5. The van der Waals surface area contributed by atoms with Crippen LogP contribution in [0.2, 0.25) is 5.02 Å². The zero-order valence-electron chi connectivity index (χ0n) is 8.82. The van der Waals surface area contributed by atoms with Crippen LogP contribution in [-0.4, -0.2) is 20.9 Å². The lowest BCUT2D eigenvalue weighted by Gasteiger charge is -2.04. The summed E-state index contributed by atoms with van der Waals surface area (Å²) in [5, 5.41) is 8.83. The molecule has 2 aromatic rings. The van der Waals surface area contributed by atoms with Crippen LogP contribution in [0.5, 0.6) is 0 Å². The lowest BCUT2D eigenvalue weighted by molar-refractivity contribution is 0.794. The summed E-state index contributed by atoms with van der Waals surface area (Å²) in [4.78, 5) is 0. The number of halogens is 2. The summed E-state index contributed by atoms with van der Waals surface area (Å²) in [6.45, 7) is 1.99. The Hall–Kier alpha value is -1.06. The quantitative estimate of drug-likeness (QED) is 0.790. The SMILES string of the molecule is Cc1cc(Cl)ccc1-n1cc(CCCl)nn1. The summed E-state index contributed by atoms with van der Waals surface area (Å²) in [5.74, 6) is 0.554. The van der Waals surface area contributed by atoms with E-state index in [0.717, 1.165) is 28.4 Å². The van der Waals surface area contributed by atoms with Gasteiger partial charge in [0.1, 0.15) is 0 Å². The molecule has 1 heterocycles. The Morgan fingerprint density at radius 1 is 1.38 bits per heavy atom. The van der Waals surface area contributed by atoms with Crippen LogP contribution in [0.3, 0.4) is 0 Å². The molecule has 0 saturated carbocycles. The molecule has 0 aliphatic heterocycles. The fourth-order valence-electron chi connectivity index (χ4n) is 1.50. The van der Waals surface area contributed by atoms with E-state index < -0.39 is 0 Å². The van der Waals surface area contributed by atoms with Crippen molar-refractivity contribution in [2.45, 2.75) is 13.3 Å². The van der Waals surface area contributed by atoms with Crippen molar-refractivity contribution in [3.63, 3.8) is 0 Å². The minimum atomic E-state index is 0.554. The Labute approximate surface area is 104 Å². The van der Waals surface area contributed by atoms with Gasteiger partial charge in [-0.2, -0.15) is 0 Å². The van der Waals surface area contributed by atoms with Crippen LogP contribution in [0.1, 0.15) is 11.3 Å². The van der Waals surface area contributed by atoms with Gasteiger partial charge in [0.15, 0.2) is 0 Å². The van der Waals surface area contributed by atoms with E-state index in [1.165, 1.54) is 0 Å². The molecule has 0 spiro atoms. The van der Waals surface area contributed by atoms with Crippen LogP contribution in [0.15, 0.2) is 24.4 Å². The molecule has 0 radical (unpaired) electrons. The first kappa shape index (κ1) is 11.4. The van der Waals surface area contributed by atoms with Crippen LogP contribution in [0.25, 0.3) is 5.69 Å². The van der Waals surface area contributed by atoms with E-state index in [4.69, 9.17) is 23.2 Å². The van der Waals surface area contributed by atoms with Crippen molar-refractivity contribution in [2.75, 3.05) is 5.88 Å². The number of nitrogens with zero attached hydrogens (tertiary/aromatic N) is 3. The predicted octanol–water partition coefficient (Wildman–Crippen LogP) is 3.01. The molecule has 0 amide bonds. The molecule has 0 saturated heterocycles. The normalized spacial score (nSPS) is 10.7. The summed E-state index contributed by atoms with van der Waals surface area (Å²) < 4.78 is 1.74. The van der Waals surface area contributed by atoms with E-state index in [1.807, 2.05) is 31.3 Å². The first-order valence-electron chi connectivity index (χ1n) is 4.94. The second kappa shape index (κ2) is 4.85. The minimum Gasteiger partial charge on any atom is -0.220 e. The second-order valence-corrected chi connectivity index (χ2v) is 4.34. The van der Waals surface area contributed by atoms with Crippen LogP contribution in [-0.2, 0) is 6.42 Å². The third-order valence-electron chi connectivity index (χ3n) is 2.30. The highest BCUT2D eigenvalue weighted by Gasteiger charge is 2.05. The molecule has 84 valence electrons. The topological polar surface area (TPSA) is 30.7 Å². The minimum absolute atomic E-state index is 0.554. The van der Waals surface area contributed by atoms with Crippen LogP contribution in [0.4, 0.5) is 0 Å². The monoisotopic (exact) mass is 255 g/mol. The molecule has 2 rings (SSSR count). The van der Waals surface area contributed by atoms with Crippen molar-refractivity contribution >= 4 is 23.2 Å². The molecular formula is C11H11Cl2N3. The average Bonchev–Trinajstić information content (AvgIpc) is 2.67. The fourth-order valence-corrected chi connectivity index (χ4v) is 1.92. The standard InChI is InChI=1S/C11H11Cl2N3/c1-8-6-9(13)2-3-11(8)16-7-10(4-5-12)14-15-16/h2-3,6-7H,4-5H2,1H3. The van der Waals surface area contributed by atoms with E-state index in [2.05, 4.69) is 10.3 Å². The Morgan fingerprint density at radius 3 is 2.88 bits per heavy atom. The summed E-state index contributed by atoms with van der Waals surface area (Å²) in [6.07, 6.45) is 2.62. The van der Waals surface area contributed by atoms with Crippen molar-refractivity contribution in [1.29, 1.82) is 0 Å². The third-order valence-corrected chi connectivity index (χ3v) is 2.72. The van der Waals surface area contributed by atoms with Gasteiger partial charge in [-0.1, -0.05) is 16.8 Å². The number of hydrogen-bond acceptors (Lipinski definition) is 2. The molecular weight excluding hydrogens is 245 g/mol. The van der Waals surface area contributed by atoms with Crippen molar-refractivity contribution < 1.29 is 0 Å². The van der Waals surface area contributed by atoms with Crippen molar-refractivity contribution in [3.8, 4) is 5.69 Å². The first-order valence-corrected chi connectivity index (χ1v) is 5.85. The Kier molecular flexibility index (Phi) is 3.46. The fraction of sp³-hybridized carbons (Fsp3) is 0.273. The van der Waals surface area contributed by atoms with Gasteiger partial charge in [-0.05, 0) is 30.7 Å². The van der Waals surface area contributed by atoms with Gasteiger partial charge >= 0.3 is 0 Å². The maximum absolute atomic E-state index is 5.90. The number of rotatable bonds is 3. The molecule has 3 nitrogen and oxygen atoms in total. The maximum atomic E-state index is 5.90. The van der Waals surface area contributed by atoms with Gasteiger partial charge in [-0.25, -0.2) is 4.68 Å². The molecule has 0 unspecified atom stereocenters. The highest BCUT2D eigenvalue weighted by molar-refractivity contribution is 6.30. The number of alkyl halides is 1. The van der Waals surface area contributed by atoms with E-state index in [-0.39, 0.29) is 0 Å². The number of hydrogen-bond donors (Lipinski definition) is 0. The summed E-state index contributed by atoms with van der Waals surface area (Å²) in [5.41, 5.74) is 2.94. The zero-order chi connectivity index (χ0) is 11.5. The molecule has 0 fully saturated rings. The predicted molar refractivity (Wildman–Crippen MR) is 65.5 cm³/mol. The number of aryl methyl sites for hydroxylation is 2. The van der Waals surface area contributed by atoms with E-state index in [1.54, 1.807) is 4.68 Å². The number of benzene rings is 1. The molecule has 0 bridgehead atoms. The maximum Gasteiger partial charge on any atom is 0.0843 e. The Balaban J connectivity index is 2.35. The molecule has 0 aliphatic carbocycles. The Morgan fingerprint density at radius 2 is 2.19 bits per heavy atom.